The van der Waals surface area contributed by atoms with Crippen LogP contribution in [0.5, 0.6) is 0 Å². The second-order valence-corrected chi connectivity index (χ2v) is 3.38. The fourth-order valence-electron chi connectivity index (χ4n) is 1.18. The molecule has 1 amide bonds. The summed E-state index contributed by atoms with van der Waals surface area (Å²) in [6.45, 7) is 8.32. The minimum absolute atomic E-state index is 0.0601. The highest BCUT2D eigenvalue weighted by Crippen LogP contribution is 2.07. The minimum atomic E-state index is -0.252. The van der Waals surface area contributed by atoms with Gasteiger partial charge in [-0.2, -0.15) is 0 Å². The first-order valence-electron chi connectivity index (χ1n) is 4.01. The van der Waals surface area contributed by atoms with Crippen molar-refractivity contribution in [2.24, 2.45) is 0 Å². The molecule has 0 spiro atoms. The van der Waals surface area contributed by atoms with E-state index in [1.165, 1.54) is 0 Å². The van der Waals surface area contributed by atoms with Crippen LogP contribution in [0.1, 0.15) is 6.92 Å². The Morgan fingerprint density at radius 1 is 1.75 bits per heavy atom. The number of carbonyl (C=O) groups excluding carboxylic acids is 1. The highest BCUT2D eigenvalue weighted by atomic mass is 35.5. The molecule has 1 aliphatic heterocycles. The zero-order valence-electron chi connectivity index (χ0n) is 7.14. The van der Waals surface area contributed by atoms with Gasteiger partial charge in [0.15, 0.2) is 0 Å². The number of likely N-dealkylation sites (tertiary alicyclic amines) is 1. The normalized spacial score (nSPS) is 18.5. The Kier molecular flexibility index (Phi) is 3.12. The Morgan fingerprint density at radius 2 is 2.33 bits per heavy atom. The summed E-state index contributed by atoms with van der Waals surface area (Å²) in [6, 6.07) is 0.257. The van der Waals surface area contributed by atoms with E-state index in [9.17, 15) is 4.79 Å². The average Bonchev–Trinajstić information content (AvgIpc) is 1.94. The van der Waals surface area contributed by atoms with Crippen molar-refractivity contribution in [1.82, 2.24) is 10.2 Å². The SMILES string of the molecule is C=C(Cl)C(=O)NC1CN(CC)C1. The van der Waals surface area contributed by atoms with E-state index >= 15 is 0 Å². The zero-order valence-corrected chi connectivity index (χ0v) is 7.90. The smallest absolute Gasteiger partial charge is 0.262 e. The summed E-state index contributed by atoms with van der Waals surface area (Å²) in [5.74, 6) is -0.252. The molecule has 1 saturated heterocycles. The van der Waals surface area contributed by atoms with Crippen molar-refractivity contribution in [2.45, 2.75) is 13.0 Å². The molecule has 0 radical (unpaired) electrons. The van der Waals surface area contributed by atoms with E-state index < -0.39 is 0 Å². The fourth-order valence-corrected chi connectivity index (χ4v) is 1.24. The van der Waals surface area contributed by atoms with Crippen LogP contribution in [0.3, 0.4) is 0 Å². The molecule has 68 valence electrons. The first kappa shape index (κ1) is 9.55. The summed E-state index contributed by atoms with van der Waals surface area (Å²) in [5.41, 5.74) is 0. The molecule has 0 saturated carbocycles. The van der Waals surface area contributed by atoms with Gasteiger partial charge in [-0.3, -0.25) is 9.69 Å². The summed E-state index contributed by atoms with van der Waals surface area (Å²) >= 11 is 5.40. The first-order chi connectivity index (χ1) is 5.63. The lowest BCUT2D eigenvalue weighted by molar-refractivity contribution is -0.118. The maximum absolute atomic E-state index is 11.0. The fraction of sp³-hybridized carbons (Fsp3) is 0.625. The molecule has 0 atom stereocenters. The van der Waals surface area contributed by atoms with Crippen molar-refractivity contribution >= 4 is 17.5 Å². The Hall–Kier alpha value is -0.540. The molecule has 4 heteroatoms. The van der Waals surface area contributed by atoms with Crippen molar-refractivity contribution in [3.05, 3.63) is 11.6 Å². The number of nitrogens with one attached hydrogen (secondary N) is 1. The van der Waals surface area contributed by atoms with Crippen LogP contribution in [-0.4, -0.2) is 36.5 Å². The van der Waals surface area contributed by atoms with E-state index in [1.54, 1.807) is 0 Å². The maximum atomic E-state index is 11.0. The van der Waals surface area contributed by atoms with Gasteiger partial charge in [0.25, 0.3) is 5.91 Å². The number of halogens is 1. The summed E-state index contributed by atoms with van der Waals surface area (Å²) in [5, 5.41) is 2.83. The molecule has 0 unspecified atom stereocenters. The van der Waals surface area contributed by atoms with Gasteiger partial charge in [0.05, 0.1) is 11.1 Å². The Balaban J connectivity index is 2.19. The predicted octanol–water partition coefficient (Wildman–Crippen LogP) is 0.559. The van der Waals surface area contributed by atoms with Gasteiger partial charge < -0.3 is 5.32 Å². The Bertz CT molecular complexity index is 199. The van der Waals surface area contributed by atoms with Crippen molar-refractivity contribution in [2.75, 3.05) is 19.6 Å². The van der Waals surface area contributed by atoms with Crippen LogP contribution in [0.4, 0.5) is 0 Å². The molecule has 0 aromatic heterocycles. The van der Waals surface area contributed by atoms with E-state index in [2.05, 4.69) is 23.7 Å². The zero-order chi connectivity index (χ0) is 9.14. The molecule has 0 aromatic rings. The van der Waals surface area contributed by atoms with Gasteiger partial charge in [0, 0.05) is 13.1 Å². The number of nitrogens with zero attached hydrogens (tertiary/aromatic N) is 1. The van der Waals surface area contributed by atoms with Crippen LogP contribution in [0.15, 0.2) is 11.6 Å². The molecule has 0 aliphatic carbocycles. The number of hydrogen-bond acceptors (Lipinski definition) is 2. The van der Waals surface area contributed by atoms with E-state index in [-0.39, 0.29) is 17.0 Å². The second-order valence-electron chi connectivity index (χ2n) is 2.93. The van der Waals surface area contributed by atoms with Gasteiger partial charge in [0.1, 0.15) is 0 Å². The number of carbonyl (C=O) groups is 1. The van der Waals surface area contributed by atoms with Crippen molar-refractivity contribution < 1.29 is 4.79 Å². The largest absolute Gasteiger partial charge is 0.346 e. The average molecular weight is 189 g/mol. The van der Waals surface area contributed by atoms with Crippen molar-refractivity contribution in [3.8, 4) is 0 Å². The quantitative estimate of drug-likeness (QED) is 0.657. The molecule has 1 fully saturated rings. The topological polar surface area (TPSA) is 32.3 Å². The Labute approximate surface area is 77.4 Å². The summed E-state index contributed by atoms with van der Waals surface area (Å²) in [7, 11) is 0. The Morgan fingerprint density at radius 3 is 2.75 bits per heavy atom. The van der Waals surface area contributed by atoms with E-state index in [4.69, 9.17) is 11.6 Å². The lowest BCUT2D eigenvalue weighted by Gasteiger charge is -2.38. The first-order valence-corrected chi connectivity index (χ1v) is 4.39. The summed E-state index contributed by atoms with van der Waals surface area (Å²) in [4.78, 5) is 13.2. The van der Waals surface area contributed by atoms with Crippen molar-refractivity contribution in [1.29, 1.82) is 0 Å². The molecule has 0 aromatic carbocycles. The van der Waals surface area contributed by atoms with Gasteiger partial charge in [-0.25, -0.2) is 0 Å². The van der Waals surface area contributed by atoms with Gasteiger partial charge in [0.2, 0.25) is 0 Å². The van der Waals surface area contributed by atoms with Crippen LogP contribution < -0.4 is 5.32 Å². The summed E-state index contributed by atoms with van der Waals surface area (Å²) < 4.78 is 0. The van der Waals surface area contributed by atoms with Gasteiger partial charge in [-0.1, -0.05) is 25.1 Å². The van der Waals surface area contributed by atoms with Crippen LogP contribution in [0, 0.1) is 0 Å². The third-order valence-corrected chi connectivity index (χ3v) is 2.16. The highest BCUT2D eigenvalue weighted by Gasteiger charge is 2.26. The standard InChI is InChI=1S/C8H13ClN2O/c1-3-11-4-7(5-11)10-8(12)6(2)9/h7H,2-5H2,1H3,(H,10,12). The molecule has 0 bridgehead atoms. The molecule has 1 heterocycles. The lowest BCUT2D eigenvalue weighted by Crippen LogP contribution is -2.58. The number of amides is 1. The van der Waals surface area contributed by atoms with E-state index in [0.29, 0.717) is 0 Å². The van der Waals surface area contributed by atoms with Gasteiger partial charge >= 0.3 is 0 Å². The number of likely N-dealkylation sites (N-methyl/N-ethyl adjacent to an activating group) is 1. The van der Waals surface area contributed by atoms with Crippen LogP contribution in [-0.2, 0) is 4.79 Å². The lowest BCUT2D eigenvalue weighted by atomic mass is 10.1. The van der Waals surface area contributed by atoms with Crippen molar-refractivity contribution in [3.63, 3.8) is 0 Å². The number of rotatable bonds is 3. The van der Waals surface area contributed by atoms with E-state index in [1.807, 2.05) is 0 Å². The maximum Gasteiger partial charge on any atom is 0.262 e. The molecule has 12 heavy (non-hydrogen) atoms. The highest BCUT2D eigenvalue weighted by molar-refractivity contribution is 6.41. The molecule has 1 aliphatic rings. The molecular weight excluding hydrogens is 176 g/mol. The van der Waals surface area contributed by atoms with Gasteiger partial charge in [-0.05, 0) is 6.54 Å². The van der Waals surface area contributed by atoms with Crippen LogP contribution in [0.2, 0.25) is 0 Å². The third kappa shape index (κ3) is 2.22. The van der Waals surface area contributed by atoms with Crippen LogP contribution in [0.25, 0.3) is 0 Å². The van der Waals surface area contributed by atoms with E-state index in [0.717, 1.165) is 19.6 Å². The minimum Gasteiger partial charge on any atom is -0.346 e. The molecule has 1 N–H and O–H groups in total. The molecular formula is C8H13ClN2O. The molecule has 1 rings (SSSR count). The van der Waals surface area contributed by atoms with Crippen LogP contribution >= 0.6 is 11.6 Å². The third-order valence-electron chi connectivity index (χ3n) is 1.99. The monoisotopic (exact) mass is 188 g/mol. The predicted molar refractivity (Wildman–Crippen MR) is 49.0 cm³/mol. The summed E-state index contributed by atoms with van der Waals surface area (Å²) in [6.07, 6.45) is 0. The number of hydrogen-bond donors (Lipinski definition) is 1. The van der Waals surface area contributed by atoms with Gasteiger partial charge in [-0.15, -0.1) is 0 Å². The molecule has 3 nitrogen and oxygen atoms in total. The second kappa shape index (κ2) is 3.92.